The van der Waals surface area contributed by atoms with Crippen LogP contribution in [0.4, 0.5) is 0 Å². The average Bonchev–Trinajstić information content (AvgIpc) is 2.43. The van der Waals surface area contributed by atoms with Crippen molar-refractivity contribution in [1.82, 2.24) is 4.57 Å². The van der Waals surface area contributed by atoms with Gasteiger partial charge in [-0.3, -0.25) is 9.36 Å². The van der Waals surface area contributed by atoms with Crippen molar-refractivity contribution in [3.63, 3.8) is 0 Å². The summed E-state index contributed by atoms with van der Waals surface area (Å²) in [4.78, 5) is 23.0. The van der Waals surface area contributed by atoms with E-state index in [0.717, 1.165) is 10.0 Å². The van der Waals surface area contributed by atoms with E-state index in [1.54, 1.807) is 25.3 Å². The molecule has 0 spiro atoms. The molecule has 2 aromatic rings. The van der Waals surface area contributed by atoms with Gasteiger partial charge in [-0.2, -0.15) is 0 Å². The number of benzene rings is 1. The SMILES string of the molecule is COc1ccc(Br)c(Cn2c(C(=O)O)cccc2=O)c1. The summed E-state index contributed by atoms with van der Waals surface area (Å²) >= 11 is 3.38. The molecule has 0 aliphatic heterocycles. The van der Waals surface area contributed by atoms with Crippen LogP contribution in [0.2, 0.25) is 0 Å². The van der Waals surface area contributed by atoms with Crippen LogP contribution in [0.1, 0.15) is 16.1 Å². The lowest BCUT2D eigenvalue weighted by Gasteiger charge is -2.12. The predicted octanol–water partition coefficient (Wildman–Crippen LogP) is 2.37. The Kier molecular flexibility index (Phi) is 4.24. The van der Waals surface area contributed by atoms with Crippen LogP contribution < -0.4 is 10.3 Å². The lowest BCUT2D eigenvalue weighted by atomic mass is 10.2. The number of ether oxygens (including phenoxy) is 1. The molecule has 0 amide bonds. The molecule has 0 saturated carbocycles. The zero-order chi connectivity index (χ0) is 14.7. The lowest BCUT2D eigenvalue weighted by Crippen LogP contribution is -2.25. The molecule has 0 atom stereocenters. The van der Waals surface area contributed by atoms with E-state index >= 15 is 0 Å². The smallest absolute Gasteiger partial charge is 0.352 e. The number of carbonyl (C=O) groups is 1. The number of hydrogen-bond donors (Lipinski definition) is 1. The molecule has 0 bridgehead atoms. The van der Waals surface area contributed by atoms with Gasteiger partial charge in [-0.1, -0.05) is 22.0 Å². The van der Waals surface area contributed by atoms with E-state index in [1.165, 1.54) is 22.8 Å². The molecule has 0 unspecified atom stereocenters. The van der Waals surface area contributed by atoms with Crippen molar-refractivity contribution in [2.45, 2.75) is 6.54 Å². The minimum absolute atomic E-state index is 0.0489. The van der Waals surface area contributed by atoms with E-state index in [-0.39, 0.29) is 17.8 Å². The molecule has 1 heterocycles. The molecule has 0 radical (unpaired) electrons. The molecule has 0 saturated heterocycles. The number of methoxy groups -OCH3 is 1. The van der Waals surface area contributed by atoms with Crippen LogP contribution in [-0.2, 0) is 6.54 Å². The number of aromatic nitrogens is 1. The van der Waals surface area contributed by atoms with Gasteiger partial charge in [-0.15, -0.1) is 0 Å². The summed E-state index contributed by atoms with van der Waals surface area (Å²) in [5.41, 5.74) is 0.354. The predicted molar refractivity (Wildman–Crippen MR) is 77.5 cm³/mol. The summed E-state index contributed by atoms with van der Waals surface area (Å²) < 4.78 is 7.12. The van der Waals surface area contributed by atoms with E-state index in [0.29, 0.717) is 5.75 Å². The molecule has 1 aromatic carbocycles. The molecule has 5 nitrogen and oxygen atoms in total. The van der Waals surface area contributed by atoms with Crippen LogP contribution in [0.15, 0.2) is 45.7 Å². The lowest BCUT2D eigenvalue weighted by molar-refractivity contribution is 0.0684. The first-order chi connectivity index (χ1) is 9.52. The van der Waals surface area contributed by atoms with E-state index in [2.05, 4.69) is 15.9 Å². The number of hydrogen-bond acceptors (Lipinski definition) is 3. The highest BCUT2D eigenvalue weighted by molar-refractivity contribution is 9.10. The summed E-state index contributed by atoms with van der Waals surface area (Å²) in [6, 6.07) is 9.50. The van der Waals surface area contributed by atoms with Gasteiger partial charge in [0.25, 0.3) is 5.56 Å². The first kappa shape index (κ1) is 14.3. The Morgan fingerprint density at radius 1 is 1.35 bits per heavy atom. The number of aromatic carboxylic acids is 1. The van der Waals surface area contributed by atoms with Crippen molar-refractivity contribution in [3.8, 4) is 5.75 Å². The summed E-state index contributed by atoms with van der Waals surface area (Å²) in [5, 5.41) is 9.14. The second-order valence-corrected chi connectivity index (χ2v) is 4.95. The number of pyridine rings is 1. The maximum Gasteiger partial charge on any atom is 0.352 e. The van der Waals surface area contributed by atoms with Gasteiger partial charge in [0.15, 0.2) is 0 Å². The van der Waals surface area contributed by atoms with Gasteiger partial charge in [0.05, 0.1) is 13.7 Å². The highest BCUT2D eigenvalue weighted by Gasteiger charge is 2.12. The topological polar surface area (TPSA) is 68.5 Å². The second kappa shape index (κ2) is 5.92. The standard InChI is InChI=1S/C14H12BrNO4/c1-20-10-5-6-11(15)9(7-10)8-16-12(14(18)19)3-2-4-13(16)17/h2-7H,8H2,1H3,(H,18,19). The van der Waals surface area contributed by atoms with Gasteiger partial charge in [0.2, 0.25) is 0 Å². The molecule has 20 heavy (non-hydrogen) atoms. The number of rotatable bonds is 4. The number of carboxylic acids is 1. The fourth-order valence-electron chi connectivity index (χ4n) is 1.84. The third kappa shape index (κ3) is 2.91. The van der Waals surface area contributed by atoms with Crippen molar-refractivity contribution in [2.75, 3.05) is 7.11 Å². The molecule has 6 heteroatoms. The van der Waals surface area contributed by atoms with Crippen molar-refractivity contribution < 1.29 is 14.6 Å². The molecule has 2 rings (SSSR count). The van der Waals surface area contributed by atoms with Crippen molar-refractivity contribution in [3.05, 3.63) is 62.5 Å². The van der Waals surface area contributed by atoms with Gasteiger partial charge < -0.3 is 9.84 Å². The zero-order valence-electron chi connectivity index (χ0n) is 10.7. The van der Waals surface area contributed by atoms with Gasteiger partial charge in [-0.25, -0.2) is 4.79 Å². The van der Waals surface area contributed by atoms with Crippen molar-refractivity contribution >= 4 is 21.9 Å². The Balaban J connectivity index is 2.50. The van der Waals surface area contributed by atoms with Crippen LogP contribution in [-0.4, -0.2) is 22.8 Å². The average molecular weight is 338 g/mol. The largest absolute Gasteiger partial charge is 0.497 e. The Labute approximate surface area is 123 Å². The second-order valence-electron chi connectivity index (χ2n) is 4.10. The third-order valence-electron chi connectivity index (χ3n) is 2.85. The van der Waals surface area contributed by atoms with E-state index < -0.39 is 5.97 Å². The summed E-state index contributed by atoms with van der Waals surface area (Å²) in [6.45, 7) is 0.152. The van der Waals surface area contributed by atoms with E-state index in [1.807, 2.05) is 0 Å². The Morgan fingerprint density at radius 2 is 2.10 bits per heavy atom. The molecular weight excluding hydrogens is 326 g/mol. The summed E-state index contributed by atoms with van der Waals surface area (Å²) in [6.07, 6.45) is 0. The van der Waals surface area contributed by atoms with Gasteiger partial charge in [0.1, 0.15) is 11.4 Å². The Hall–Kier alpha value is -2.08. The Morgan fingerprint density at radius 3 is 2.75 bits per heavy atom. The fourth-order valence-corrected chi connectivity index (χ4v) is 2.21. The normalized spacial score (nSPS) is 10.3. The molecule has 1 N–H and O–H groups in total. The first-order valence-electron chi connectivity index (χ1n) is 5.78. The van der Waals surface area contributed by atoms with Crippen LogP contribution in [0.5, 0.6) is 5.75 Å². The number of halogens is 1. The first-order valence-corrected chi connectivity index (χ1v) is 6.58. The molecule has 0 aliphatic carbocycles. The Bertz CT molecular complexity index is 709. The third-order valence-corrected chi connectivity index (χ3v) is 3.62. The maximum atomic E-state index is 11.9. The molecule has 0 aliphatic rings. The molecular formula is C14H12BrNO4. The summed E-state index contributed by atoms with van der Waals surface area (Å²) in [7, 11) is 1.55. The minimum Gasteiger partial charge on any atom is -0.497 e. The molecule has 0 fully saturated rings. The van der Waals surface area contributed by atoms with Crippen LogP contribution in [0.3, 0.4) is 0 Å². The monoisotopic (exact) mass is 337 g/mol. The van der Waals surface area contributed by atoms with E-state index in [9.17, 15) is 9.59 Å². The van der Waals surface area contributed by atoms with Crippen LogP contribution in [0.25, 0.3) is 0 Å². The fraction of sp³-hybridized carbons (Fsp3) is 0.143. The van der Waals surface area contributed by atoms with Crippen LogP contribution in [0, 0.1) is 0 Å². The van der Waals surface area contributed by atoms with Gasteiger partial charge in [-0.05, 0) is 29.8 Å². The highest BCUT2D eigenvalue weighted by Crippen LogP contribution is 2.23. The minimum atomic E-state index is -1.14. The number of carboxylic acid groups (broad SMARTS) is 1. The van der Waals surface area contributed by atoms with Gasteiger partial charge >= 0.3 is 5.97 Å². The van der Waals surface area contributed by atoms with Crippen molar-refractivity contribution in [2.24, 2.45) is 0 Å². The molecule has 1 aromatic heterocycles. The highest BCUT2D eigenvalue weighted by atomic mass is 79.9. The maximum absolute atomic E-state index is 11.9. The summed E-state index contributed by atoms with van der Waals surface area (Å²) in [5.74, 6) is -0.495. The van der Waals surface area contributed by atoms with Gasteiger partial charge in [0, 0.05) is 10.5 Å². The zero-order valence-corrected chi connectivity index (χ0v) is 12.3. The quantitative estimate of drug-likeness (QED) is 0.929. The van der Waals surface area contributed by atoms with Crippen LogP contribution >= 0.6 is 15.9 Å². The van der Waals surface area contributed by atoms with E-state index in [4.69, 9.17) is 9.84 Å². The number of nitrogens with zero attached hydrogens (tertiary/aromatic N) is 1. The van der Waals surface area contributed by atoms with Crippen molar-refractivity contribution in [1.29, 1.82) is 0 Å². The molecule has 104 valence electrons.